The van der Waals surface area contributed by atoms with Gasteiger partial charge >= 0.3 is 0 Å². The van der Waals surface area contributed by atoms with E-state index in [1.54, 1.807) is 23.5 Å². The molecular formula is C25H26N2O2S. The second-order valence-electron chi connectivity index (χ2n) is 7.82. The Morgan fingerprint density at radius 1 is 1.00 bits per heavy atom. The highest BCUT2D eigenvalue weighted by molar-refractivity contribution is 7.11. The fraction of sp³-hybridized carbons (Fsp3) is 0.280. The summed E-state index contributed by atoms with van der Waals surface area (Å²) in [6.07, 6.45) is 2.76. The first-order chi connectivity index (χ1) is 14.6. The van der Waals surface area contributed by atoms with Crippen LogP contribution in [-0.2, 0) is 17.8 Å². The van der Waals surface area contributed by atoms with Crippen molar-refractivity contribution in [2.45, 2.75) is 32.7 Å². The van der Waals surface area contributed by atoms with Crippen LogP contribution < -0.4 is 5.32 Å². The molecule has 0 aliphatic heterocycles. The minimum atomic E-state index is 0.0112. The van der Waals surface area contributed by atoms with Crippen LogP contribution in [0.1, 0.15) is 38.5 Å². The van der Waals surface area contributed by atoms with Crippen molar-refractivity contribution >= 4 is 28.8 Å². The van der Waals surface area contributed by atoms with Crippen molar-refractivity contribution in [1.82, 2.24) is 4.90 Å². The molecule has 1 fully saturated rings. The van der Waals surface area contributed by atoms with Gasteiger partial charge in [-0.25, -0.2) is 0 Å². The summed E-state index contributed by atoms with van der Waals surface area (Å²) in [5, 5.41) is 2.93. The molecule has 1 heterocycles. The Labute approximate surface area is 181 Å². The Morgan fingerprint density at radius 3 is 2.37 bits per heavy atom. The summed E-state index contributed by atoms with van der Waals surface area (Å²) in [7, 11) is 0. The van der Waals surface area contributed by atoms with Crippen molar-refractivity contribution in [3.8, 4) is 0 Å². The predicted molar refractivity (Wildman–Crippen MR) is 122 cm³/mol. The number of hydrogen-bond acceptors (Lipinski definition) is 3. The molecular weight excluding hydrogens is 392 g/mol. The molecule has 0 bridgehead atoms. The van der Waals surface area contributed by atoms with Gasteiger partial charge in [-0.1, -0.05) is 30.3 Å². The zero-order chi connectivity index (χ0) is 20.9. The minimum absolute atomic E-state index is 0.0112. The summed E-state index contributed by atoms with van der Waals surface area (Å²) in [6, 6.07) is 21.7. The van der Waals surface area contributed by atoms with Gasteiger partial charge in [0.15, 0.2) is 0 Å². The maximum atomic E-state index is 13.3. The summed E-state index contributed by atoms with van der Waals surface area (Å²) in [5.41, 5.74) is 2.60. The van der Waals surface area contributed by atoms with Gasteiger partial charge in [0, 0.05) is 33.5 Å². The number of benzene rings is 2. The van der Waals surface area contributed by atoms with Crippen molar-refractivity contribution < 1.29 is 9.59 Å². The molecule has 1 aromatic heterocycles. The molecule has 1 aliphatic rings. The normalized spacial score (nSPS) is 13.1. The molecule has 0 radical (unpaired) electrons. The number of amides is 2. The third-order valence-electron chi connectivity index (χ3n) is 5.29. The van der Waals surface area contributed by atoms with Crippen LogP contribution in [-0.4, -0.2) is 23.3 Å². The van der Waals surface area contributed by atoms with Crippen LogP contribution in [0, 0.1) is 12.8 Å². The monoisotopic (exact) mass is 418 g/mol. The van der Waals surface area contributed by atoms with Crippen LogP contribution in [0.5, 0.6) is 0 Å². The van der Waals surface area contributed by atoms with E-state index in [9.17, 15) is 9.59 Å². The molecule has 1 saturated carbocycles. The number of hydrogen-bond donors (Lipinski definition) is 1. The van der Waals surface area contributed by atoms with E-state index >= 15 is 0 Å². The molecule has 4 nitrogen and oxygen atoms in total. The molecule has 0 atom stereocenters. The van der Waals surface area contributed by atoms with Gasteiger partial charge in [-0.05, 0) is 68.1 Å². The molecule has 30 heavy (non-hydrogen) atoms. The molecule has 1 aliphatic carbocycles. The van der Waals surface area contributed by atoms with Crippen LogP contribution in [0.25, 0.3) is 0 Å². The van der Waals surface area contributed by atoms with Crippen LogP contribution in [0.3, 0.4) is 0 Å². The lowest BCUT2D eigenvalue weighted by Crippen LogP contribution is -2.32. The largest absolute Gasteiger partial charge is 0.333 e. The highest BCUT2D eigenvalue weighted by Crippen LogP contribution is 2.30. The summed E-state index contributed by atoms with van der Waals surface area (Å²) >= 11 is 1.73. The zero-order valence-electron chi connectivity index (χ0n) is 17.1. The topological polar surface area (TPSA) is 49.4 Å². The van der Waals surface area contributed by atoms with Crippen molar-refractivity contribution in [2.24, 2.45) is 5.92 Å². The lowest BCUT2D eigenvalue weighted by molar-refractivity contribution is -0.117. The number of rotatable bonds is 8. The smallest absolute Gasteiger partial charge is 0.254 e. The van der Waals surface area contributed by atoms with Crippen molar-refractivity contribution in [3.05, 3.63) is 87.6 Å². The van der Waals surface area contributed by atoms with Gasteiger partial charge in [0.05, 0.1) is 6.54 Å². The third kappa shape index (κ3) is 5.36. The molecule has 4 rings (SSSR count). The summed E-state index contributed by atoms with van der Waals surface area (Å²) in [6.45, 7) is 3.34. The van der Waals surface area contributed by atoms with Gasteiger partial charge < -0.3 is 10.2 Å². The maximum Gasteiger partial charge on any atom is 0.254 e. The average molecular weight is 419 g/mol. The quantitative estimate of drug-likeness (QED) is 0.540. The van der Waals surface area contributed by atoms with E-state index in [-0.39, 0.29) is 17.7 Å². The minimum Gasteiger partial charge on any atom is -0.333 e. The molecule has 1 N–H and O–H groups in total. The Bertz CT molecular complexity index is 1010. The Morgan fingerprint density at radius 2 is 1.73 bits per heavy atom. The second-order valence-corrected chi connectivity index (χ2v) is 9.19. The van der Waals surface area contributed by atoms with Crippen molar-refractivity contribution in [2.75, 3.05) is 11.9 Å². The Balaban J connectivity index is 1.46. The molecule has 2 aromatic carbocycles. The lowest BCUT2D eigenvalue weighted by atomic mass is 10.1. The number of thiophene rings is 1. The first-order valence-electron chi connectivity index (χ1n) is 10.4. The van der Waals surface area contributed by atoms with Crippen LogP contribution >= 0.6 is 11.3 Å². The number of anilines is 1. The van der Waals surface area contributed by atoms with Gasteiger partial charge in [-0.3, -0.25) is 9.59 Å². The van der Waals surface area contributed by atoms with E-state index in [0.29, 0.717) is 18.7 Å². The van der Waals surface area contributed by atoms with Gasteiger partial charge in [-0.15, -0.1) is 11.3 Å². The van der Waals surface area contributed by atoms with Crippen molar-refractivity contribution in [1.29, 1.82) is 0 Å². The van der Waals surface area contributed by atoms with Gasteiger partial charge in [0.25, 0.3) is 5.91 Å². The first-order valence-corrected chi connectivity index (χ1v) is 11.2. The standard InChI is InChI=1S/C25H26N2O2S/c1-18-7-14-23(30-18)17-27(16-15-19-5-3-2-4-6-19)25(29)21-10-12-22(13-11-21)26-24(28)20-8-9-20/h2-7,10-14,20H,8-9,15-17H2,1H3,(H,26,28). The highest BCUT2D eigenvalue weighted by Gasteiger charge is 2.29. The molecule has 5 heteroatoms. The zero-order valence-corrected chi connectivity index (χ0v) is 18.0. The number of nitrogens with zero attached hydrogens (tertiary/aromatic N) is 1. The molecule has 154 valence electrons. The third-order valence-corrected chi connectivity index (χ3v) is 6.28. The van der Waals surface area contributed by atoms with E-state index < -0.39 is 0 Å². The maximum absolute atomic E-state index is 13.3. The van der Waals surface area contributed by atoms with E-state index in [1.165, 1.54) is 15.3 Å². The average Bonchev–Trinajstić information content (AvgIpc) is 3.54. The number of carbonyl (C=O) groups is 2. The number of carbonyl (C=O) groups excluding carboxylic acids is 2. The Kier molecular flexibility index (Phi) is 6.29. The predicted octanol–water partition coefficient (Wildman–Crippen LogP) is 5.29. The molecule has 0 saturated heterocycles. The number of aryl methyl sites for hydroxylation is 1. The molecule has 2 amide bonds. The van der Waals surface area contributed by atoms with Crippen LogP contribution in [0.2, 0.25) is 0 Å². The fourth-order valence-electron chi connectivity index (χ4n) is 3.39. The fourth-order valence-corrected chi connectivity index (χ4v) is 4.29. The van der Waals surface area contributed by atoms with Gasteiger partial charge in [0.1, 0.15) is 0 Å². The van der Waals surface area contributed by atoms with E-state index in [1.807, 2.05) is 35.2 Å². The molecule has 3 aromatic rings. The second kappa shape index (κ2) is 9.26. The Hall–Kier alpha value is -2.92. The summed E-state index contributed by atoms with van der Waals surface area (Å²) < 4.78 is 0. The van der Waals surface area contributed by atoms with Gasteiger partial charge in [-0.2, -0.15) is 0 Å². The number of nitrogens with one attached hydrogen (secondary N) is 1. The van der Waals surface area contributed by atoms with Gasteiger partial charge in [0.2, 0.25) is 5.91 Å². The van der Waals surface area contributed by atoms with E-state index in [4.69, 9.17) is 0 Å². The molecule has 0 unspecified atom stereocenters. The highest BCUT2D eigenvalue weighted by atomic mass is 32.1. The lowest BCUT2D eigenvalue weighted by Gasteiger charge is -2.22. The summed E-state index contributed by atoms with van der Waals surface area (Å²) in [5.74, 6) is 0.248. The van der Waals surface area contributed by atoms with Crippen LogP contribution in [0.15, 0.2) is 66.7 Å². The van der Waals surface area contributed by atoms with E-state index in [2.05, 4.69) is 36.5 Å². The summed E-state index contributed by atoms with van der Waals surface area (Å²) in [4.78, 5) is 29.6. The van der Waals surface area contributed by atoms with Crippen molar-refractivity contribution in [3.63, 3.8) is 0 Å². The SMILES string of the molecule is Cc1ccc(CN(CCc2ccccc2)C(=O)c2ccc(NC(=O)C3CC3)cc2)s1. The van der Waals surface area contributed by atoms with Crippen LogP contribution in [0.4, 0.5) is 5.69 Å². The molecule has 0 spiro atoms. The first kappa shape index (κ1) is 20.4. The van der Waals surface area contributed by atoms with E-state index in [0.717, 1.165) is 24.9 Å².